The number of amides is 1. The highest BCUT2D eigenvalue weighted by Crippen LogP contribution is 2.10. The summed E-state index contributed by atoms with van der Waals surface area (Å²) in [6, 6.07) is 0. The third kappa shape index (κ3) is 3.40. The van der Waals surface area contributed by atoms with E-state index in [9.17, 15) is 4.79 Å². The van der Waals surface area contributed by atoms with Gasteiger partial charge in [0.25, 0.3) is 5.91 Å². The van der Waals surface area contributed by atoms with Crippen LogP contribution in [0, 0.1) is 6.92 Å². The summed E-state index contributed by atoms with van der Waals surface area (Å²) in [5.41, 5.74) is 1.21. The highest BCUT2D eigenvalue weighted by molar-refractivity contribution is 5.94. The largest absolute Gasteiger partial charge is 0.383 e. The van der Waals surface area contributed by atoms with E-state index in [0.717, 1.165) is 0 Å². The van der Waals surface area contributed by atoms with Crippen LogP contribution in [0.1, 0.15) is 16.1 Å². The van der Waals surface area contributed by atoms with Crippen molar-refractivity contribution in [2.24, 2.45) is 0 Å². The first kappa shape index (κ1) is 14.4. The van der Waals surface area contributed by atoms with Gasteiger partial charge in [-0.2, -0.15) is 0 Å². The lowest BCUT2D eigenvalue weighted by atomic mass is 10.2. The summed E-state index contributed by atoms with van der Waals surface area (Å²) in [7, 11) is 7.07. The predicted octanol–water partition coefficient (Wildman–Crippen LogP) is 0.569. The van der Waals surface area contributed by atoms with Crippen LogP contribution in [-0.4, -0.2) is 62.2 Å². The smallest absolute Gasteiger partial charge is 0.257 e. The molecule has 0 unspecified atom stereocenters. The Hall–Kier alpha value is -1.69. The van der Waals surface area contributed by atoms with Crippen molar-refractivity contribution in [2.45, 2.75) is 6.92 Å². The Morgan fingerprint density at radius 1 is 1.39 bits per heavy atom. The molecule has 18 heavy (non-hydrogen) atoms. The van der Waals surface area contributed by atoms with Crippen molar-refractivity contribution in [3.63, 3.8) is 0 Å². The van der Waals surface area contributed by atoms with Crippen LogP contribution in [-0.2, 0) is 4.74 Å². The molecule has 0 atom stereocenters. The number of anilines is 1. The summed E-state index contributed by atoms with van der Waals surface area (Å²) in [5.74, 6) is 0.512. The van der Waals surface area contributed by atoms with E-state index in [4.69, 9.17) is 4.74 Å². The van der Waals surface area contributed by atoms with Gasteiger partial charge in [0, 0.05) is 41.0 Å². The fourth-order valence-corrected chi connectivity index (χ4v) is 1.42. The lowest BCUT2D eigenvalue weighted by molar-refractivity contribution is 0.0742. The van der Waals surface area contributed by atoms with E-state index < -0.39 is 0 Å². The quantitative estimate of drug-likeness (QED) is 0.766. The van der Waals surface area contributed by atoms with Crippen molar-refractivity contribution in [2.75, 3.05) is 46.3 Å². The number of nitrogens with zero attached hydrogens (tertiary/aromatic N) is 4. The van der Waals surface area contributed by atoms with Crippen molar-refractivity contribution < 1.29 is 9.53 Å². The molecule has 0 fully saturated rings. The van der Waals surface area contributed by atoms with Gasteiger partial charge in [0.2, 0.25) is 5.95 Å². The maximum Gasteiger partial charge on any atom is 0.257 e. The van der Waals surface area contributed by atoms with Gasteiger partial charge in [0.1, 0.15) is 0 Å². The summed E-state index contributed by atoms with van der Waals surface area (Å²) >= 11 is 0. The second kappa shape index (κ2) is 6.30. The minimum atomic E-state index is -0.0881. The molecule has 1 heterocycles. The number of carbonyl (C=O) groups is 1. The first-order valence-corrected chi connectivity index (χ1v) is 5.72. The molecular formula is C12H20N4O2. The van der Waals surface area contributed by atoms with Crippen LogP contribution < -0.4 is 4.90 Å². The van der Waals surface area contributed by atoms with Gasteiger partial charge in [-0.25, -0.2) is 9.97 Å². The van der Waals surface area contributed by atoms with Crippen LogP contribution in [0.3, 0.4) is 0 Å². The van der Waals surface area contributed by atoms with Gasteiger partial charge in [-0.05, 0) is 6.92 Å². The van der Waals surface area contributed by atoms with Crippen LogP contribution in [0.5, 0.6) is 0 Å². The van der Waals surface area contributed by atoms with Gasteiger partial charge in [0.15, 0.2) is 0 Å². The monoisotopic (exact) mass is 252 g/mol. The van der Waals surface area contributed by atoms with Gasteiger partial charge in [-0.3, -0.25) is 4.79 Å². The van der Waals surface area contributed by atoms with E-state index in [0.29, 0.717) is 30.4 Å². The lowest BCUT2D eigenvalue weighted by Crippen LogP contribution is -2.31. The average Bonchev–Trinajstić information content (AvgIpc) is 2.34. The molecule has 0 radical (unpaired) electrons. The molecule has 1 amide bonds. The van der Waals surface area contributed by atoms with E-state index in [1.165, 1.54) is 0 Å². The van der Waals surface area contributed by atoms with Gasteiger partial charge < -0.3 is 14.5 Å². The van der Waals surface area contributed by atoms with Crippen molar-refractivity contribution in [3.8, 4) is 0 Å². The Kier molecular flexibility index (Phi) is 5.03. The minimum Gasteiger partial charge on any atom is -0.383 e. The molecule has 0 N–H and O–H groups in total. The second-order valence-corrected chi connectivity index (χ2v) is 4.28. The Morgan fingerprint density at radius 3 is 2.56 bits per heavy atom. The molecule has 0 aliphatic carbocycles. The molecule has 100 valence electrons. The molecule has 1 aromatic rings. The topological polar surface area (TPSA) is 58.6 Å². The molecule has 6 heteroatoms. The van der Waals surface area contributed by atoms with Crippen molar-refractivity contribution >= 4 is 11.9 Å². The van der Waals surface area contributed by atoms with Crippen LogP contribution in [0.4, 0.5) is 5.95 Å². The minimum absolute atomic E-state index is 0.0881. The third-order valence-corrected chi connectivity index (χ3v) is 2.57. The summed E-state index contributed by atoms with van der Waals surface area (Å²) < 4.78 is 4.95. The summed E-state index contributed by atoms with van der Waals surface area (Å²) in [4.78, 5) is 24.0. The number of hydrogen-bond donors (Lipinski definition) is 0. The summed E-state index contributed by atoms with van der Waals surface area (Å²) in [6.45, 7) is 2.87. The highest BCUT2D eigenvalue weighted by atomic mass is 16.5. The zero-order valence-corrected chi connectivity index (χ0v) is 11.6. The summed E-state index contributed by atoms with van der Waals surface area (Å²) in [6.07, 6.45) is 1.57. The van der Waals surface area contributed by atoms with E-state index in [2.05, 4.69) is 9.97 Å². The average molecular weight is 252 g/mol. The van der Waals surface area contributed by atoms with Gasteiger partial charge >= 0.3 is 0 Å². The predicted molar refractivity (Wildman–Crippen MR) is 69.9 cm³/mol. The zero-order valence-electron chi connectivity index (χ0n) is 11.6. The number of ether oxygens (including phenoxy) is 1. The second-order valence-electron chi connectivity index (χ2n) is 4.28. The zero-order chi connectivity index (χ0) is 13.7. The normalized spacial score (nSPS) is 10.3. The van der Waals surface area contributed by atoms with Gasteiger partial charge in [0.05, 0.1) is 17.9 Å². The molecule has 0 aliphatic heterocycles. The number of carbonyl (C=O) groups excluding carboxylic acids is 1. The number of aryl methyl sites for hydroxylation is 1. The van der Waals surface area contributed by atoms with Crippen molar-refractivity contribution in [1.82, 2.24) is 14.9 Å². The SMILES string of the molecule is COCCN(C)C(=O)c1cnc(N(C)C)nc1C. The molecule has 0 saturated carbocycles. The van der Waals surface area contributed by atoms with Gasteiger partial charge in [-0.15, -0.1) is 0 Å². The molecule has 0 saturated heterocycles. The Bertz CT molecular complexity index is 421. The first-order valence-electron chi connectivity index (χ1n) is 5.72. The van der Waals surface area contributed by atoms with Crippen molar-refractivity contribution in [3.05, 3.63) is 17.5 Å². The molecule has 0 spiro atoms. The molecule has 6 nitrogen and oxygen atoms in total. The highest BCUT2D eigenvalue weighted by Gasteiger charge is 2.16. The van der Waals surface area contributed by atoms with Crippen LogP contribution in [0.15, 0.2) is 6.20 Å². The first-order chi connectivity index (χ1) is 8.47. The maximum absolute atomic E-state index is 12.1. The van der Waals surface area contributed by atoms with E-state index in [1.54, 1.807) is 30.2 Å². The molecule has 1 rings (SSSR count). The Balaban J connectivity index is 2.86. The fraction of sp³-hybridized carbons (Fsp3) is 0.583. The standard InChI is InChI=1S/C12H20N4O2/c1-9-10(8-13-12(14-9)15(2)3)11(17)16(4)6-7-18-5/h8H,6-7H2,1-5H3. The molecule has 0 bridgehead atoms. The molecular weight excluding hydrogens is 232 g/mol. The van der Waals surface area contributed by atoms with E-state index in [1.807, 2.05) is 21.0 Å². The molecule has 0 aromatic carbocycles. The molecule has 1 aromatic heterocycles. The van der Waals surface area contributed by atoms with Crippen LogP contribution >= 0.6 is 0 Å². The molecule has 0 aliphatic rings. The number of hydrogen-bond acceptors (Lipinski definition) is 5. The lowest BCUT2D eigenvalue weighted by Gasteiger charge is -2.18. The van der Waals surface area contributed by atoms with E-state index in [-0.39, 0.29) is 5.91 Å². The van der Waals surface area contributed by atoms with Crippen LogP contribution in [0.2, 0.25) is 0 Å². The van der Waals surface area contributed by atoms with Crippen LogP contribution in [0.25, 0.3) is 0 Å². The third-order valence-electron chi connectivity index (χ3n) is 2.57. The number of likely N-dealkylation sites (N-methyl/N-ethyl adjacent to an activating group) is 1. The van der Waals surface area contributed by atoms with Crippen molar-refractivity contribution in [1.29, 1.82) is 0 Å². The Morgan fingerprint density at radius 2 is 2.06 bits per heavy atom. The van der Waals surface area contributed by atoms with E-state index >= 15 is 0 Å². The maximum atomic E-state index is 12.1. The number of rotatable bonds is 5. The Labute approximate surface area is 108 Å². The van der Waals surface area contributed by atoms with Gasteiger partial charge in [-0.1, -0.05) is 0 Å². The summed E-state index contributed by atoms with van der Waals surface area (Å²) in [5, 5.41) is 0. The number of aromatic nitrogens is 2. The fourth-order valence-electron chi connectivity index (χ4n) is 1.42. The number of methoxy groups -OCH3 is 1.